The molecule has 2 heterocycles. The van der Waals surface area contributed by atoms with Crippen LogP contribution in [0.4, 0.5) is 5.13 Å². The number of pyridine rings is 1. The first-order valence-electron chi connectivity index (χ1n) is 7.52. The molecule has 0 unspecified atom stereocenters. The summed E-state index contributed by atoms with van der Waals surface area (Å²) in [5, 5.41) is 13.9. The van der Waals surface area contributed by atoms with Crippen LogP contribution in [0.3, 0.4) is 0 Å². The predicted molar refractivity (Wildman–Crippen MR) is 108 cm³/mol. The average molecular weight is 413 g/mol. The molecule has 0 saturated carbocycles. The number of ether oxygens (including phenoxy) is 1. The zero-order valence-electron chi connectivity index (χ0n) is 13.8. The molecular weight excluding hydrogens is 396 g/mol. The van der Waals surface area contributed by atoms with Crippen molar-refractivity contribution in [3.63, 3.8) is 0 Å². The summed E-state index contributed by atoms with van der Waals surface area (Å²) in [4.78, 5) is 5.71. The van der Waals surface area contributed by atoms with Crippen LogP contribution in [0.1, 0.15) is 5.56 Å². The number of nitrogens with zero attached hydrogens (tertiary/aromatic N) is 3. The molecule has 132 valence electrons. The number of nitrogens with one attached hydrogen (secondary N) is 1. The number of hydrogen-bond acceptors (Lipinski definition) is 8. The smallest absolute Gasteiger partial charge is 0.206 e. The van der Waals surface area contributed by atoms with Gasteiger partial charge < -0.3 is 10.1 Å². The molecule has 0 atom stereocenters. The van der Waals surface area contributed by atoms with E-state index in [0.717, 1.165) is 25.9 Å². The topological polar surface area (TPSA) is 59.9 Å². The van der Waals surface area contributed by atoms with Gasteiger partial charge in [0.05, 0.1) is 12.1 Å². The summed E-state index contributed by atoms with van der Waals surface area (Å²) in [7, 11) is 1.67. The van der Waals surface area contributed by atoms with Crippen LogP contribution in [0.25, 0.3) is 10.9 Å². The fourth-order valence-electron chi connectivity index (χ4n) is 2.13. The van der Waals surface area contributed by atoms with Crippen molar-refractivity contribution in [3.8, 4) is 0 Å². The molecule has 5 nitrogen and oxygen atoms in total. The summed E-state index contributed by atoms with van der Waals surface area (Å²) in [5.41, 5.74) is 1.92. The third kappa shape index (κ3) is 4.98. The fourth-order valence-corrected chi connectivity index (χ4v) is 4.61. The molecule has 0 aliphatic heterocycles. The van der Waals surface area contributed by atoms with Gasteiger partial charge in [0.15, 0.2) is 4.34 Å². The Labute approximate surface area is 163 Å². The summed E-state index contributed by atoms with van der Waals surface area (Å²) in [6.07, 6.45) is 2.05. The first-order chi connectivity index (χ1) is 12.2. The fraction of sp³-hybridized carbons (Fsp3) is 0.312. The van der Waals surface area contributed by atoms with Crippen molar-refractivity contribution < 1.29 is 4.74 Å². The Kier molecular flexibility index (Phi) is 6.77. The molecule has 1 N–H and O–H groups in total. The third-order valence-corrected chi connectivity index (χ3v) is 6.51. The summed E-state index contributed by atoms with van der Waals surface area (Å²) in [6, 6.07) is 8.34. The number of anilines is 1. The summed E-state index contributed by atoms with van der Waals surface area (Å²) < 4.78 is 5.90. The number of aromatic nitrogens is 3. The maximum absolute atomic E-state index is 6.36. The molecule has 1 aromatic carbocycles. The van der Waals surface area contributed by atoms with Crippen LogP contribution in [0.2, 0.25) is 5.15 Å². The van der Waals surface area contributed by atoms with Gasteiger partial charge in [0.1, 0.15) is 5.15 Å². The van der Waals surface area contributed by atoms with Crippen LogP contribution in [0.15, 0.2) is 33.5 Å². The van der Waals surface area contributed by atoms with Crippen LogP contribution < -0.4 is 5.32 Å². The Morgan fingerprint density at radius 3 is 2.96 bits per heavy atom. The van der Waals surface area contributed by atoms with Gasteiger partial charge >= 0.3 is 0 Å². The second-order valence-electron chi connectivity index (χ2n) is 5.08. The van der Waals surface area contributed by atoms with Crippen LogP contribution in [0.5, 0.6) is 0 Å². The SMILES string of the molecule is COCCNc1nnc(SCc2cc3ccc(SC)cc3nc2Cl)s1. The van der Waals surface area contributed by atoms with Gasteiger partial charge in [0, 0.05) is 35.3 Å². The van der Waals surface area contributed by atoms with E-state index in [1.54, 1.807) is 30.6 Å². The van der Waals surface area contributed by atoms with E-state index in [2.05, 4.69) is 44.8 Å². The minimum absolute atomic E-state index is 0.543. The lowest BCUT2D eigenvalue weighted by atomic mass is 10.2. The molecule has 0 amide bonds. The van der Waals surface area contributed by atoms with Gasteiger partial charge in [-0.05, 0) is 24.5 Å². The second-order valence-corrected chi connectivity index (χ2v) is 8.52. The predicted octanol–water partition coefficient (Wildman–Crippen LogP) is 4.81. The summed E-state index contributed by atoms with van der Waals surface area (Å²) >= 11 is 11.2. The normalized spacial score (nSPS) is 11.2. The van der Waals surface area contributed by atoms with Crippen molar-refractivity contribution >= 4 is 62.5 Å². The standard InChI is InChI=1S/C16H17ClN4OS3/c1-22-6-5-18-15-20-21-16(25-15)24-9-11-7-10-3-4-12(23-2)8-13(10)19-14(11)17/h3-4,7-8H,5-6,9H2,1-2H3,(H,18,20). The monoisotopic (exact) mass is 412 g/mol. The van der Waals surface area contributed by atoms with Crippen LogP contribution in [-0.4, -0.2) is 41.7 Å². The molecule has 3 aromatic rings. The molecule has 3 rings (SSSR count). The quantitative estimate of drug-likeness (QED) is 0.323. The van der Waals surface area contributed by atoms with Crippen LogP contribution in [-0.2, 0) is 10.5 Å². The Bertz CT molecular complexity index is 859. The number of fused-ring (bicyclic) bond motifs is 1. The summed E-state index contributed by atoms with van der Waals surface area (Å²) in [6.45, 7) is 1.35. The Morgan fingerprint density at radius 2 is 2.16 bits per heavy atom. The van der Waals surface area contributed by atoms with Gasteiger partial charge in [0.25, 0.3) is 0 Å². The highest BCUT2D eigenvalue weighted by Crippen LogP contribution is 2.32. The van der Waals surface area contributed by atoms with Gasteiger partial charge in [-0.3, -0.25) is 0 Å². The highest BCUT2D eigenvalue weighted by Gasteiger charge is 2.09. The lowest BCUT2D eigenvalue weighted by molar-refractivity contribution is 0.211. The molecular formula is C16H17ClN4OS3. The maximum atomic E-state index is 6.36. The molecule has 9 heteroatoms. The van der Waals surface area contributed by atoms with E-state index in [1.807, 2.05) is 6.26 Å². The lowest BCUT2D eigenvalue weighted by Crippen LogP contribution is -2.06. The zero-order chi connectivity index (χ0) is 17.6. The molecule has 0 fully saturated rings. The highest BCUT2D eigenvalue weighted by atomic mass is 35.5. The number of rotatable bonds is 8. The van der Waals surface area contributed by atoms with Gasteiger partial charge in [-0.2, -0.15) is 0 Å². The van der Waals surface area contributed by atoms with Crippen molar-refractivity contribution in [2.45, 2.75) is 15.0 Å². The number of halogens is 1. The molecule has 0 radical (unpaired) electrons. The van der Waals surface area contributed by atoms with E-state index in [4.69, 9.17) is 16.3 Å². The van der Waals surface area contributed by atoms with E-state index in [0.29, 0.717) is 24.1 Å². The molecule has 0 bridgehead atoms. The molecule has 0 saturated heterocycles. The largest absolute Gasteiger partial charge is 0.383 e. The van der Waals surface area contributed by atoms with Crippen molar-refractivity contribution in [1.82, 2.24) is 15.2 Å². The lowest BCUT2D eigenvalue weighted by Gasteiger charge is -2.06. The van der Waals surface area contributed by atoms with Crippen LogP contribution >= 0.6 is 46.5 Å². The Hall–Kier alpha value is -1.06. The van der Waals surface area contributed by atoms with Crippen molar-refractivity contribution in [1.29, 1.82) is 0 Å². The minimum Gasteiger partial charge on any atom is -0.383 e. The Balaban J connectivity index is 1.67. The number of hydrogen-bond donors (Lipinski definition) is 1. The van der Waals surface area contributed by atoms with Crippen molar-refractivity contribution in [2.24, 2.45) is 0 Å². The van der Waals surface area contributed by atoms with E-state index >= 15 is 0 Å². The highest BCUT2D eigenvalue weighted by molar-refractivity contribution is 8.00. The van der Waals surface area contributed by atoms with E-state index in [1.165, 1.54) is 16.2 Å². The number of benzene rings is 1. The van der Waals surface area contributed by atoms with Gasteiger partial charge in [-0.1, -0.05) is 40.8 Å². The molecule has 25 heavy (non-hydrogen) atoms. The van der Waals surface area contributed by atoms with Crippen molar-refractivity contribution in [2.75, 3.05) is 31.8 Å². The minimum atomic E-state index is 0.543. The molecule has 0 aliphatic rings. The van der Waals surface area contributed by atoms with E-state index in [9.17, 15) is 0 Å². The first-order valence-corrected chi connectivity index (χ1v) is 10.9. The second kappa shape index (κ2) is 9.05. The maximum Gasteiger partial charge on any atom is 0.206 e. The van der Waals surface area contributed by atoms with E-state index < -0.39 is 0 Å². The van der Waals surface area contributed by atoms with Crippen LogP contribution in [0, 0.1) is 0 Å². The van der Waals surface area contributed by atoms with Gasteiger partial charge in [-0.15, -0.1) is 22.0 Å². The van der Waals surface area contributed by atoms with Gasteiger partial charge in [0.2, 0.25) is 5.13 Å². The molecule has 0 spiro atoms. The van der Waals surface area contributed by atoms with Gasteiger partial charge in [-0.25, -0.2) is 4.98 Å². The third-order valence-electron chi connectivity index (χ3n) is 3.39. The van der Waals surface area contributed by atoms with E-state index in [-0.39, 0.29) is 0 Å². The first kappa shape index (κ1) is 18.7. The number of thioether (sulfide) groups is 2. The summed E-state index contributed by atoms with van der Waals surface area (Å²) in [5.74, 6) is 0.707. The number of methoxy groups -OCH3 is 1. The zero-order valence-corrected chi connectivity index (χ0v) is 17.0. The molecule has 2 aromatic heterocycles. The average Bonchev–Trinajstić information content (AvgIpc) is 3.07. The van der Waals surface area contributed by atoms with Crippen molar-refractivity contribution in [3.05, 3.63) is 35.0 Å². The Morgan fingerprint density at radius 1 is 1.28 bits per heavy atom. The molecule has 0 aliphatic carbocycles.